The molecule has 0 saturated carbocycles. The van der Waals surface area contributed by atoms with Gasteiger partial charge in [-0.05, 0) is 35.7 Å². The molecular formula is C17H18ClN3. The van der Waals surface area contributed by atoms with Gasteiger partial charge in [-0.15, -0.1) is 0 Å². The zero-order valence-electron chi connectivity index (χ0n) is 11.7. The van der Waals surface area contributed by atoms with Gasteiger partial charge in [0.2, 0.25) is 0 Å². The van der Waals surface area contributed by atoms with Gasteiger partial charge in [0.25, 0.3) is 0 Å². The Labute approximate surface area is 128 Å². The van der Waals surface area contributed by atoms with Crippen LogP contribution in [0.15, 0.2) is 42.6 Å². The van der Waals surface area contributed by atoms with Crippen LogP contribution in [0.25, 0.3) is 22.0 Å². The number of aromatic nitrogens is 1. The molecule has 0 spiro atoms. The van der Waals surface area contributed by atoms with Crippen molar-refractivity contribution in [3.8, 4) is 11.1 Å². The van der Waals surface area contributed by atoms with E-state index < -0.39 is 0 Å². The van der Waals surface area contributed by atoms with Gasteiger partial charge in [-0.25, -0.2) is 0 Å². The maximum Gasteiger partial charge on any atom is 0.0580 e. The fourth-order valence-corrected chi connectivity index (χ4v) is 3.04. The number of nitrogens with two attached hydrogens (primary N) is 2. The van der Waals surface area contributed by atoms with Crippen LogP contribution in [-0.2, 0) is 13.0 Å². The second-order valence-corrected chi connectivity index (χ2v) is 5.48. The number of fused-ring (bicyclic) bond motifs is 1. The van der Waals surface area contributed by atoms with Crippen molar-refractivity contribution >= 4 is 22.5 Å². The Morgan fingerprint density at radius 2 is 1.76 bits per heavy atom. The smallest absolute Gasteiger partial charge is 0.0580 e. The molecule has 1 heterocycles. The summed E-state index contributed by atoms with van der Waals surface area (Å²) in [5.41, 5.74) is 16.8. The Kier molecular flexibility index (Phi) is 3.97. The van der Waals surface area contributed by atoms with Crippen molar-refractivity contribution < 1.29 is 0 Å². The van der Waals surface area contributed by atoms with Crippen molar-refractivity contribution in [3.63, 3.8) is 0 Å². The number of aromatic amines is 1. The van der Waals surface area contributed by atoms with E-state index in [4.69, 9.17) is 23.1 Å². The largest absolute Gasteiger partial charge is 0.361 e. The first kappa shape index (κ1) is 14.1. The van der Waals surface area contributed by atoms with Crippen molar-refractivity contribution in [2.45, 2.75) is 13.0 Å². The van der Waals surface area contributed by atoms with Crippen molar-refractivity contribution in [1.82, 2.24) is 4.98 Å². The van der Waals surface area contributed by atoms with E-state index in [2.05, 4.69) is 23.2 Å². The predicted octanol–water partition coefficient (Wildman–Crippen LogP) is 3.45. The maximum absolute atomic E-state index is 6.65. The fraction of sp³-hybridized carbons (Fsp3) is 0.176. The summed E-state index contributed by atoms with van der Waals surface area (Å²) in [7, 11) is 0. The second kappa shape index (κ2) is 5.90. The van der Waals surface area contributed by atoms with E-state index >= 15 is 0 Å². The summed E-state index contributed by atoms with van der Waals surface area (Å²) in [6, 6.07) is 12.3. The molecule has 4 heteroatoms. The van der Waals surface area contributed by atoms with E-state index in [0.717, 1.165) is 44.6 Å². The van der Waals surface area contributed by atoms with Crippen molar-refractivity contribution in [1.29, 1.82) is 0 Å². The van der Waals surface area contributed by atoms with Gasteiger partial charge in [0.05, 0.1) is 5.02 Å². The van der Waals surface area contributed by atoms with Gasteiger partial charge in [0.15, 0.2) is 0 Å². The molecule has 0 bridgehead atoms. The summed E-state index contributed by atoms with van der Waals surface area (Å²) in [5.74, 6) is 0. The Hall–Kier alpha value is -1.81. The summed E-state index contributed by atoms with van der Waals surface area (Å²) >= 11 is 6.65. The summed E-state index contributed by atoms with van der Waals surface area (Å²) in [4.78, 5) is 3.25. The molecule has 0 aliphatic carbocycles. The molecule has 0 aliphatic heterocycles. The summed E-state index contributed by atoms with van der Waals surface area (Å²) in [6.07, 6.45) is 2.81. The summed E-state index contributed by atoms with van der Waals surface area (Å²) in [5, 5.41) is 1.85. The van der Waals surface area contributed by atoms with Crippen molar-refractivity contribution in [3.05, 3.63) is 58.7 Å². The minimum Gasteiger partial charge on any atom is -0.361 e. The van der Waals surface area contributed by atoms with Gasteiger partial charge >= 0.3 is 0 Å². The molecule has 3 nitrogen and oxygen atoms in total. The number of hydrogen-bond donors (Lipinski definition) is 3. The van der Waals surface area contributed by atoms with Gasteiger partial charge < -0.3 is 16.5 Å². The zero-order chi connectivity index (χ0) is 14.8. The highest BCUT2D eigenvalue weighted by molar-refractivity contribution is 6.38. The number of nitrogens with one attached hydrogen (secondary N) is 1. The van der Waals surface area contributed by atoms with Crippen LogP contribution in [0.1, 0.15) is 11.1 Å². The minimum atomic E-state index is 0.547. The molecule has 108 valence electrons. The van der Waals surface area contributed by atoms with E-state index in [1.165, 1.54) is 0 Å². The van der Waals surface area contributed by atoms with Crippen LogP contribution < -0.4 is 11.5 Å². The lowest BCUT2D eigenvalue weighted by atomic mass is 10.0. The van der Waals surface area contributed by atoms with Crippen LogP contribution >= 0.6 is 11.6 Å². The summed E-state index contributed by atoms with van der Waals surface area (Å²) < 4.78 is 0. The van der Waals surface area contributed by atoms with E-state index in [-0.39, 0.29) is 0 Å². The topological polar surface area (TPSA) is 67.8 Å². The van der Waals surface area contributed by atoms with Gasteiger partial charge in [-0.3, -0.25) is 0 Å². The van der Waals surface area contributed by atoms with E-state index in [0.29, 0.717) is 13.1 Å². The third-order valence-electron chi connectivity index (χ3n) is 3.78. The average molecular weight is 300 g/mol. The monoisotopic (exact) mass is 299 g/mol. The van der Waals surface area contributed by atoms with E-state index in [1.54, 1.807) is 0 Å². The van der Waals surface area contributed by atoms with E-state index in [1.807, 2.05) is 24.4 Å². The van der Waals surface area contributed by atoms with Gasteiger partial charge in [0, 0.05) is 29.2 Å². The third-order valence-corrected chi connectivity index (χ3v) is 4.17. The van der Waals surface area contributed by atoms with Crippen LogP contribution in [-0.4, -0.2) is 11.5 Å². The maximum atomic E-state index is 6.65. The first-order valence-electron chi connectivity index (χ1n) is 7.02. The Morgan fingerprint density at radius 3 is 2.43 bits per heavy atom. The zero-order valence-corrected chi connectivity index (χ0v) is 12.5. The molecule has 1 aromatic heterocycles. The minimum absolute atomic E-state index is 0.547. The average Bonchev–Trinajstić information content (AvgIpc) is 2.92. The van der Waals surface area contributed by atoms with Crippen molar-refractivity contribution in [2.75, 3.05) is 6.54 Å². The number of hydrogen-bond acceptors (Lipinski definition) is 2. The lowest BCUT2D eigenvalue weighted by Crippen LogP contribution is -2.02. The first-order valence-corrected chi connectivity index (χ1v) is 7.40. The lowest BCUT2D eigenvalue weighted by molar-refractivity contribution is 0.976. The highest BCUT2D eigenvalue weighted by Gasteiger charge is 2.12. The Bertz CT molecular complexity index is 760. The first-order chi connectivity index (χ1) is 10.2. The highest BCUT2D eigenvalue weighted by Crippen LogP contribution is 2.36. The lowest BCUT2D eigenvalue weighted by Gasteiger charge is -2.08. The summed E-state index contributed by atoms with van der Waals surface area (Å²) in [6.45, 7) is 1.16. The quantitative estimate of drug-likeness (QED) is 0.690. The molecule has 0 saturated heterocycles. The molecule has 0 radical (unpaired) electrons. The molecule has 0 atom stereocenters. The molecule has 0 unspecified atom stereocenters. The molecule has 0 aliphatic rings. The van der Waals surface area contributed by atoms with Crippen LogP contribution in [0.3, 0.4) is 0 Å². The van der Waals surface area contributed by atoms with Gasteiger partial charge in [-0.1, -0.05) is 41.9 Å². The van der Waals surface area contributed by atoms with Crippen LogP contribution in [0.2, 0.25) is 5.02 Å². The number of H-pyrrole nitrogens is 1. The highest BCUT2D eigenvalue weighted by atomic mass is 35.5. The van der Waals surface area contributed by atoms with Gasteiger partial charge in [-0.2, -0.15) is 0 Å². The number of benzene rings is 2. The van der Waals surface area contributed by atoms with Gasteiger partial charge in [0.1, 0.15) is 0 Å². The SMILES string of the molecule is NCCc1c[nH]c2ccc(-c3ccc(CN)cc3)c(Cl)c12. The third kappa shape index (κ3) is 2.56. The molecule has 3 aromatic rings. The molecule has 5 N–H and O–H groups in total. The standard InChI is InChI=1S/C17H18ClN3/c18-17-14(12-3-1-11(9-20)2-4-12)5-6-15-16(17)13(7-8-19)10-21-15/h1-6,10,21H,7-9,19-20H2. The number of halogens is 1. The fourth-order valence-electron chi connectivity index (χ4n) is 2.64. The molecular weight excluding hydrogens is 282 g/mol. The molecule has 0 amide bonds. The molecule has 21 heavy (non-hydrogen) atoms. The molecule has 0 fully saturated rings. The molecule has 2 aromatic carbocycles. The second-order valence-electron chi connectivity index (χ2n) is 5.10. The normalized spacial score (nSPS) is 11.2. The van der Waals surface area contributed by atoms with Crippen LogP contribution in [0.4, 0.5) is 0 Å². The number of rotatable bonds is 4. The molecule has 3 rings (SSSR count). The predicted molar refractivity (Wildman–Crippen MR) is 89.4 cm³/mol. The van der Waals surface area contributed by atoms with Crippen LogP contribution in [0, 0.1) is 0 Å². The van der Waals surface area contributed by atoms with Crippen LogP contribution in [0.5, 0.6) is 0 Å². The Morgan fingerprint density at radius 1 is 1.00 bits per heavy atom. The van der Waals surface area contributed by atoms with E-state index in [9.17, 15) is 0 Å². The van der Waals surface area contributed by atoms with Crippen molar-refractivity contribution in [2.24, 2.45) is 11.5 Å². The Balaban J connectivity index is 2.13.